The molecule has 0 aromatic carbocycles. The van der Waals surface area contributed by atoms with Gasteiger partial charge in [0.15, 0.2) is 5.69 Å². The molecule has 0 radical (unpaired) electrons. The van der Waals surface area contributed by atoms with Gasteiger partial charge in [-0.15, -0.1) is 0 Å². The van der Waals surface area contributed by atoms with Gasteiger partial charge in [0.1, 0.15) is 5.69 Å². The van der Waals surface area contributed by atoms with Gasteiger partial charge in [-0.1, -0.05) is 0 Å². The van der Waals surface area contributed by atoms with Gasteiger partial charge in [-0.25, -0.2) is 8.78 Å². The minimum atomic E-state index is -4.75. The molecular weight excluding hydrogens is 223 g/mol. The van der Waals surface area contributed by atoms with E-state index in [0.29, 0.717) is 10.7 Å². The monoisotopic (exact) mass is 228 g/mol. The topological polar surface area (TPSA) is 34.9 Å². The van der Waals surface area contributed by atoms with Crippen molar-refractivity contribution in [2.24, 2.45) is 7.05 Å². The first-order chi connectivity index (χ1) is 6.73. The summed E-state index contributed by atoms with van der Waals surface area (Å²) in [7, 11) is 0.991. The smallest absolute Gasteiger partial charge is 0.286 e. The number of hydrogen-bond acceptors (Lipinski definition) is 2. The molecule has 0 saturated heterocycles. The van der Waals surface area contributed by atoms with Gasteiger partial charge in [-0.3, -0.25) is 9.48 Å². The Morgan fingerprint density at radius 1 is 1.47 bits per heavy atom. The van der Waals surface area contributed by atoms with Gasteiger partial charge in [-0.05, 0) is 6.07 Å². The normalized spacial score (nSPS) is 12.2. The highest BCUT2D eigenvalue weighted by atomic mass is 19.4. The Hall–Kier alpha value is -1.47. The first kappa shape index (κ1) is 11.6. The fourth-order valence-corrected chi connectivity index (χ4v) is 0.948. The maximum absolute atomic E-state index is 12.1. The van der Waals surface area contributed by atoms with Crippen LogP contribution in [0.3, 0.4) is 0 Å². The summed E-state index contributed by atoms with van der Waals surface area (Å²) in [6.45, 7) is 0. The van der Waals surface area contributed by atoms with Crippen LogP contribution in [-0.2, 0) is 13.2 Å². The fraction of sp³-hybridized carbons (Fsp3) is 0.429. The van der Waals surface area contributed by atoms with Gasteiger partial charge in [-0.2, -0.15) is 18.3 Å². The van der Waals surface area contributed by atoms with Crippen LogP contribution in [0.1, 0.15) is 16.2 Å². The highest BCUT2D eigenvalue weighted by molar-refractivity contribution is 5.97. The average molecular weight is 228 g/mol. The minimum Gasteiger partial charge on any atom is -0.286 e. The predicted octanol–water partition coefficient (Wildman–Crippen LogP) is 1.89. The fourth-order valence-electron chi connectivity index (χ4n) is 0.948. The molecule has 1 rings (SSSR count). The quantitative estimate of drug-likeness (QED) is 0.572. The summed E-state index contributed by atoms with van der Waals surface area (Å²) in [6, 6.07) is 0.300. The highest BCUT2D eigenvalue weighted by Gasteiger charge is 2.36. The first-order valence-electron chi connectivity index (χ1n) is 3.67. The summed E-state index contributed by atoms with van der Waals surface area (Å²) >= 11 is 0. The van der Waals surface area contributed by atoms with Crippen molar-refractivity contribution >= 4 is 5.78 Å². The van der Waals surface area contributed by atoms with E-state index >= 15 is 0 Å². The first-order valence-corrected chi connectivity index (χ1v) is 3.67. The Morgan fingerprint density at radius 3 is 2.33 bits per heavy atom. The van der Waals surface area contributed by atoms with E-state index < -0.39 is 29.8 Å². The van der Waals surface area contributed by atoms with E-state index in [1.54, 1.807) is 0 Å². The minimum absolute atomic E-state index is 0.300. The van der Waals surface area contributed by atoms with Crippen molar-refractivity contribution in [2.45, 2.75) is 12.6 Å². The Labute approximate surface area is 80.5 Å². The van der Waals surface area contributed by atoms with Gasteiger partial charge >= 0.3 is 12.6 Å². The molecule has 0 atom stereocenters. The molecular formula is C7H5F5N2O. The zero-order valence-corrected chi connectivity index (χ0v) is 7.35. The number of Topliss-reactive ketones (excluding diaryl/α,β-unsaturated/α-hetero) is 1. The molecule has 3 nitrogen and oxygen atoms in total. The Kier molecular flexibility index (Phi) is 2.78. The number of alkyl halides is 5. The molecule has 1 aromatic heterocycles. The number of carbonyl (C=O) groups excluding carboxylic acids is 1. The van der Waals surface area contributed by atoms with Crippen LogP contribution in [0, 0.1) is 0 Å². The number of hydrogen-bond donors (Lipinski definition) is 0. The molecule has 0 fully saturated rings. The molecule has 0 bridgehead atoms. The number of halogens is 5. The zero-order valence-electron chi connectivity index (χ0n) is 7.35. The van der Waals surface area contributed by atoms with Gasteiger partial charge in [0, 0.05) is 7.05 Å². The lowest BCUT2D eigenvalue weighted by Gasteiger charge is -1.98. The van der Waals surface area contributed by atoms with Crippen LogP contribution in [0.5, 0.6) is 0 Å². The van der Waals surface area contributed by atoms with E-state index in [9.17, 15) is 26.7 Å². The molecule has 15 heavy (non-hydrogen) atoms. The molecule has 0 unspecified atom stereocenters. The number of rotatable bonds is 2. The second-order valence-corrected chi connectivity index (χ2v) is 2.70. The molecule has 84 valence electrons. The third kappa shape index (κ3) is 2.31. The van der Waals surface area contributed by atoms with Crippen LogP contribution >= 0.6 is 0 Å². The van der Waals surface area contributed by atoms with Crippen molar-refractivity contribution in [1.82, 2.24) is 9.78 Å². The number of nitrogens with zero attached hydrogens (tertiary/aromatic N) is 2. The molecule has 0 amide bonds. The van der Waals surface area contributed by atoms with E-state index in [1.807, 2.05) is 0 Å². The molecule has 0 aliphatic heterocycles. The molecule has 0 aliphatic carbocycles. The molecule has 8 heteroatoms. The number of ketones is 1. The van der Waals surface area contributed by atoms with E-state index in [0.717, 1.165) is 7.05 Å². The standard InChI is InChI=1S/C7H5F5N2O/c1-14-3(5(15)6(8)9)2-4(13-14)7(10,11)12/h2,6H,1H3. The van der Waals surface area contributed by atoms with E-state index in [4.69, 9.17) is 0 Å². The van der Waals surface area contributed by atoms with Gasteiger partial charge in [0.2, 0.25) is 5.78 Å². The Morgan fingerprint density at radius 2 is 2.00 bits per heavy atom. The van der Waals surface area contributed by atoms with Crippen molar-refractivity contribution in [3.05, 3.63) is 17.5 Å². The number of aromatic nitrogens is 2. The van der Waals surface area contributed by atoms with Crippen LogP contribution in [0.25, 0.3) is 0 Å². The number of aryl methyl sites for hydroxylation is 1. The highest BCUT2D eigenvalue weighted by Crippen LogP contribution is 2.28. The second kappa shape index (κ2) is 3.59. The van der Waals surface area contributed by atoms with Crippen molar-refractivity contribution in [2.75, 3.05) is 0 Å². The van der Waals surface area contributed by atoms with Gasteiger partial charge in [0.05, 0.1) is 0 Å². The predicted molar refractivity (Wildman–Crippen MR) is 38.5 cm³/mol. The molecule has 1 heterocycles. The van der Waals surface area contributed by atoms with Crippen LogP contribution in [-0.4, -0.2) is 22.0 Å². The van der Waals surface area contributed by atoms with E-state index in [-0.39, 0.29) is 0 Å². The van der Waals surface area contributed by atoms with Crippen molar-refractivity contribution < 1.29 is 26.7 Å². The third-order valence-corrected chi connectivity index (χ3v) is 1.62. The molecule has 0 spiro atoms. The summed E-state index contributed by atoms with van der Waals surface area (Å²) in [4.78, 5) is 10.7. The molecule has 1 aromatic rings. The van der Waals surface area contributed by atoms with Gasteiger partial charge in [0.25, 0.3) is 0 Å². The Bertz CT molecular complexity index is 381. The molecule has 0 aliphatic rings. The zero-order chi connectivity index (χ0) is 11.8. The van der Waals surface area contributed by atoms with Crippen LogP contribution in [0.4, 0.5) is 22.0 Å². The summed E-state index contributed by atoms with van der Waals surface area (Å²) in [6.07, 6.45) is -8.10. The van der Waals surface area contributed by atoms with E-state index in [1.165, 1.54) is 0 Å². The summed E-state index contributed by atoms with van der Waals surface area (Å²) in [5.74, 6) is -1.68. The lowest BCUT2D eigenvalue weighted by Crippen LogP contribution is -2.14. The van der Waals surface area contributed by atoms with Crippen LogP contribution in [0.15, 0.2) is 6.07 Å². The van der Waals surface area contributed by atoms with Crippen LogP contribution in [0.2, 0.25) is 0 Å². The van der Waals surface area contributed by atoms with Crippen molar-refractivity contribution in [1.29, 1.82) is 0 Å². The third-order valence-electron chi connectivity index (χ3n) is 1.62. The van der Waals surface area contributed by atoms with Crippen LogP contribution < -0.4 is 0 Å². The Balaban J connectivity index is 3.13. The summed E-state index contributed by atoms with van der Waals surface area (Å²) in [5, 5.41) is 2.92. The number of carbonyl (C=O) groups is 1. The molecule has 0 saturated carbocycles. The maximum atomic E-state index is 12.1. The second-order valence-electron chi connectivity index (χ2n) is 2.70. The lowest BCUT2D eigenvalue weighted by atomic mass is 10.2. The summed E-state index contributed by atoms with van der Waals surface area (Å²) in [5.41, 5.74) is -2.13. The SMILES string of the molecule is Cn1nc(C(F)(F)F)cc1C(=O)C(F)F. The van der Waals surface area contributed by atoms with Gasteiger partial charge < -0.3 is 0 Å². The summed E-state index contributed by atoms with van der Waals surface area (Å²) < 4.78 is 60.6. The maximum Gasteiger partial charge on any atom is 0.435 e. The van der Waals surface area contributed by atoms with E-state index in [2.05, 4.69) is 5.10 Å². The lowest BCUT2D eigenvalue weighted by molar-refractivity contribution is -0.141. The largest absolute Gasteiger partial charge is 0.435 e. The molecule has 0 N–H and O–H groups in total. The van der Waals surface area contributed by atoms with Crippen molar-refractivity contribution in [3.63, 3.8) is 0 Å². The average Bonchev–Trinajstić information content (AvgIpc) is 2.45. The van der Waals surface area contributed by atoms with Crippen molar-refractivity contribution in [3.8, 4) is 0 Å².